The lowest BCUT2D eigenvalue weighted by Crippen LogP contribution is -2.44. The Morgan fingerprint density at radius 3 is 1.07 bits per heavy atom. The van der Waals surface area contributed by atoms with Gasteiger partial charge in [0, 0.05) is 12.1 Å². The summed E-state index contributed by atoms with van der Waals surface area (Å²) in [6.07, 6.45) is -6.56. The second-order valence-electron chi connectivity index (χ2n) is 9.49. The highest BCUT2D eigenvalue weighted by molar-refractivity contribution is 5.75. The van der Waals surface area contributed by atoms with Crippen LogP contribution in [0.2, 0.25) is 0 Å². The molecule has 0 aromatic heterocycles. The maximum atomic E-state index is 11.5. The van der Waals surface area contributed by atoms with E-state index in [1.165, 1.54) is 0 Å². The monoisotopic (exact) mass is 638 g/mol. The van der Waals surface area contributed by atoms with Crippen LogP contribution in [0.15, 0.2) is 60.7 Å². The molecule has 2 aliphatic rings. The predicted octanol–water partition coefficient (Wildman–Crippen LogP) is 4.20. The number of carboxylic acids is 2. The fourth-order valence-electron chi connectivity index (χ4n) is 3.31. The van der Waals surface area contributed by atoms with Crippen molar-refractivity contribution in [3.63, 3.8) is 0 Å². The van der Waals surface area contributed by atoms with Gasteiger partial charge in [-0.15, -0.1) is 0 Å². The van der Waals surface area contributed by atoms with E-state index in [1.807, 2.05) is 60.7 Å². The van der Waals surface area contributed by atoms with Gasteiger partial charge in [-0.25, -0.2) is 9.59 Å². The van der Waals surface area contributed by atoms with E-state index in [-0.39, 0.29) is 35.9 Å². The Hall–Kier alpha value is -4.18. The lowest BCUT2D eigenvalue weighted by molar-refractivity contribution is -0.193. The summed E-state index contributed by atoms with van der Waals surface area (Å²) in [5.41, 5.74) is 13.4. The van der Waals surface area contributed by atoms with E-state index in [4.69, 9.17) is 40.7 Å². The van der Waals surface area contributed by atoms with Crippen LogP contribution in [0.25, 0.3) is 0 Å². The van der Waals surface area contributed by atoms with E-state index in [0.29, 0.717) is 13.2 Å². The summed E-state index contributed by atoms with van der Waals surface area (Å²) in [4.78, 5) is 40.8. The molecule has 4 atom stereocenters. The summed E-state index contributed by atoms with van der Waals surface area (Å²) in [7, 11) is 0. The smallest absolute Gasteiger partial charge is 0.475 e. The van der Waals surface area contributed by atoms with Crippen molar-refractivity contribution >= 4 is 23.9 Å². The van der Waals surface area contributed by atoms with Crippen LogP contribution in [-0.2, 0) is 41.9 Å². The molecule has 0 aliphatic heterocycles. The van der Waals surface area contributed by atoms with Crippen LogP contribution in [0.5, 0.6) is 0 Å². The average molecular weight is 639 g/mol. The van der Waals surface area contributed by atoms with E-state index in [2.05, 4.69) is 0 Å². The van der Waals surface area contributed by atoms with Crippen LogP contribution in [0.4, 0.5) is 26.3 Å². The highest BCUT2D eigenvalue weighted by atomic mass is 19.4. The van der Waals surface area contributed by atoms with Crippen LogP contribution in [0.1, 0.15) is 36.8 Å². The van der Waals surface area contributed by atoms with Gasteiger partial charge in [0.1, 0.15) is 13.2 Å². The van der Waals surface area contributed by atoms with Crippen molar-refractivity contribution in [2.24, 2.45) is 23.3 Å². The summed E-state index contributed by atoms with van der Waals surface area (Å²) in [6, 6.07) is 19.4. The zero-order valence-corrected chi connectivity index (χ0v) is 23.1. The van der Waals surface area contributed by atoms with Gasteiger partial charge in [-0.05, 0) is 36.8 Å². The van der Waals surface area contributed by atoms with E-state index < -0.39 is 24.3 Å². The lowest BCUT2D eigenvalue weighted by Gasteiger charge is -2.31. The number of benzene rings is 2. The van der Waals surface area contributed by atoms with Crippen molar-refractivity contribution < 1.29 is 65.2 Å². The summed E-state index contributed by atoms with van der Waals surface area (Å²) in [6.45, 7) is 0.700. The molecule has 0 heterocycles. The molecular weight excluding hydrogens is 606 g/mol. The standard InChI is InChI=1S/2C12H15NO2.2C2HF3O2/c2*13-11-7-6-10(11)12(14)15-8-9-4-2-1-3-5-9;2*3-2(4,5)1(6)7/h2*1-5,10-11H,6-8,13H2;2*(H,6,7)/t2*10-,11+;;/m10../s1. The summed E-state index contributed by atoms with van der Waals surface area (Å²) in [5.74, 6) is -5.97. The molecule has 16 heteroatoms. The second-order valence-corrected chi connectivity index (χ2v) is 9.49. The first kappa shape index (κ1) is 37.8. The van der Waals surface area contributed by atoms with E-state index in [9.17, 15) is 35.9 Å². The molecule has 0 saturated heterocycles. The number of carbonyl (C=O) groups is 4. The maximum absolute atomic E-state index is 11.5. The van der Waals surface area contributed by atoms with Crippen LogP contribution in [0, 0.1) is 11.8 Å². The number of carboxylic acid groups (broad SMARTS) is 2. The lowest BCUT2D eigenvalue weighted by atomic mass is 9.80. The first-order valence-corrected chi connectivity index (χ1v) is 13.0. The molecule has 44 heavy (non-hydrogen) atoms. The molecule has 2 aliphatic carbocycles. The molecule has 0 radical (unpaired) electrons. The quantitative estimate of drug-likeness (QED) is 0.265. The Kier molecular flexibility index (Phi) is 15.3. The number of hydrogen-bond acceptors (Lipinski definition) is 8. The Morgan fingerprint density at radius 2 is 0.886 bits per heavy atom. The minimum absolute atomic E-state index is 0.00766. The molecule has 2 aromatic carbocycles. The van der Waals surface area contributed by atoms with Crippen molar-refractivity contribution in [2.75, 3.05) is 0 Å². The molecule has 2 fully saturated rings. The Labute approximate surface area is 247 Å². The van der Waals surface area contributed by atoms with Crippen LogP contribution in [-0.4, -0.2) is 58.5 Å². The van der Waals surface area contributed by atoms with Gasteiger partial charge in [0.15, 0.2) is 0 Å². The van der Waals surface area contributed by atoms with Gasteiger partial charge in [-0.3, -0.25) is 9.59 Å². The van der Waals surface area contributed by atoms with Crippen molar-refractivity contribution in [2.45, 2.75) is 63.3 Å². The molecule has 0 bridgehead atoms. The first-order valence-electron chi connectivity index (χ1n) is 13.0. The van der Waals surface area contributed by atoms with Gasteiger partial charge < -0.3 is 31.2 Å². The highest BCUT2D eigenvalue weighted by Gasteiger charge is 2.39. The van der Waals surface area contributed by atoms with Crippen LogP contribution < -0.4 is 11.5 Å². The molecule has 2 saturated carbocycles. The van der Waals surface area contributed by atoms with Crippen LogP contribution >= 0.6 is 0 Å². The van der Waals surface area contributed by atoms with Crippen molar-refractivity contribution in [3.8, 4) is 0 Å². The zero-order valence-electron chi connectivity index (χ0n) is 23.1. The van der Waals surface area contributed by atoms with Gasteiger partial charge in [-0.1, -0.05) is 60.7 Å². The molecule has 6 N–H and O–H groups in total. The van der Waals surface area contributed by atoms with E-state index >= 15 is 0 Å². The number of carbonyl (C=O) groups excluding carboxylic acids is 2. The van der Waals surface area contributed by atoms with Crippen molar-refractivity contribution in [1.82, 2.24) is 0 Å². The molecule has 0 unspecified atom stereocenters. The summed E-state index contributed by atoms with van der Waals surface area (Å²) < 4.78 is 73.8. The van der Waals surface area contributed by atoms with Gasteiger partial charge in [-0.2, -0.15) is 26.3 Å². The number of halogens is 6. The summed E-state index contributed by atoms with van der Waals surface area (Å²) >= 11 is 0. The number of alkyl halides is 6. The van der Waals surface area contributed by atoms with Crippen LogP contribution in [0.3, 0.4) is 0 Å². The molecule has 0 amide bonds. The minimum atomic E-state index is -5.08. The van der Waals surface area contributed by atoms with Crippen molar-refractivity contribution in [1.29, 1.82) is 0 Å². The van der Waals surface area contributed by atoms with E-state index in [1.54, 1.807) is 0 Å². The van der Waals surface area contributed by atoms with Gasteiger partial charge in [0.25, 0.3) is 0 Å². The van der Waals surface area contributed by atoms with Gasteiger partial charge >= 0.3 is 36.2 Å². The largest absolute Gasteiger partial charge is 0.490 e. The van der Waals surface area contributed by atoms with Gasteiger partial charge in [0.05, 0.1) is 11.8 Å². The first-order chi connectivity index (χ1) is 20.4. The average Bonchev–Trinajstić information content (AvgIpc) is 2.94. The molecular formula is C28H32F6N2O8. The Balaban J connectivity index is 0.000000314. The predicted molar refractivity (Wildman–Crippen MR) is 141 cm³/mol. The molecule has 10 nitrogen and oxygen atoms in total. The number of aliphatic carboxylic acids is 2. The number of hydrogen-bond donors (Lipinski definition) is 4. The maximum Gasteiger partial charge on any atom is 0.490 e. The Morgan fingerprint density at radius 1 is 0.614 bits per heavy atom. The van der Waals surface area contributed by atoms with E-state index in [0.717, 1.165) is 36.8 Å². The van der Waals surface area contributed by atoms with Crippen molar-refractivity contribution in [3.05, 3.63) is 71.8 Å². The number of rotatable bonds is 6. The third-order valence-electron chi connectivity index (χ3n) is 6.19. The normalized spacial score (nSPS) is 20.2. The molecule has 2 aromatic rings. The fourth-order valence-corrected chi connectivity index (χ4v) is 3.31. The number of nitrogens with two attached hydrogens (primary N) is 2. The third-order valence-corrected chi connectivity index (χ3v) is 6.19. The molecule has 244 valence electrons. The van der Waals surface area contributed by atoms with Gasteiger partial charge in [0.2, 0.25) is 0 Å². The SMILES string of the molecule is N[C@@H]1CC[C@@H]1C(=O)OCc1ccccc1.N[C@H]1CC[C@H]1C(=O)OCc1ccccc1.O=C(O)C(F)(F)F.O=C(O)C(F)(F)F. The highest BCUT2D eigenvalue weighted by Crippen LogP contribution is 2.27. The Bertz CT molecular complexity index is 1100. The zero-order chi connectivity index (χ0) is 33.5. The topological polar surface area (TPSA) is 179 Å². The molecule has 0 spiro atoms. The summed E-state index contributed by atoms with van der Waals surface area (Å²) in [5, 5.41) is 14.2. The minimum Gasteiger partial charge on any atom is -0.475 e. The molecule has 4 rings (SSSR count). The second kappa shape index (κ2) is 17.8. The fraction of sp³-hybridized carbons (Fsp3) is 0.429. The third kappa shape index (κ3) is 14.3. The number of esters is 2. The number of ether oxygens (including phenoxy) is 2.